The summed E-state index contributed by atoms with van der Waals surface area (Å²) < 4.78 is 5.31. The summed E-state index contributed by atoms with van der Waals surface area (Å²) in [6, 6.07) is 15.8. The molecule has 3 N–H and O–H groups in total. The van der Waals surface area contributed by atoms with Crippen molar-refractivity contribution < 1.29 is 14.6 Å². The van der Waals surface area contributed by atoms with Crippen LogP contribution >= 0.6 is 0 Å². The number of carbonyl (C=O) groups excluding carboxylic acids is 1. The van der Waals surface area contributed by atoms with E-state index in [0.29, 0.717) is 22.7 Å². The van der Waals surface area contributed by atoms with Gasteiger partial charge in [0.25, 0.3) is 5.91 Å². The number of nitrogens with one attached hydrogen (secondary N) is 2. The Balaban J connectivity index is 1.76. The van der Waals surface area contributed by atoms with E-state index in [-0.39, 0.29) is 11.4 Å². The molecule has 0 spiro atoms. The molecular formula is C19H18N4O3. The average molecular weight is 350 g/mol. The number of aromatic amines is 1. The number of hydrogen-bond donors (Lipinski definition) is 3. The summed E-state index contributed by atoms with van der Waals surface area (Å²) >= 11 is 0. The summed E-state index contributed by atoms with van der Waals surface area (Å²) in [5.41, 5.74) is 5.12. The zero-order valence-electron chi connectivity index (χ0n) is 14.4. The summed E-state index contributed by atoms with van der Waals surface area (Å²) in [6.07, 6.45) is 0. The van der Waals surface area contributed by atoms with E-state index >= 15 is 0 Å². The number of amides is 1. The first-order valence-electron chi connectivity index (χ1n) is 7.92. The Morgan fingerprint density at radius 2 is 1.92 bits per heavy atom. The van der Waals surface area contributed by atoms with Crippen LogP contribution in [-0.4, -0.2) is 34.0 Å². The number of aromatic nitrogens is 2. The Morgan fingerprint density at radius 3 is 2.69 bits per heavy atom. The van der Waals surface area contributed by atoms with Crippen LogP contribution in [0.25, 0.3) is 11.3 Å². The number of hydrazone groups is 1. The van der Waals surface area contributed by atoms with Crippen LogP contribution in [0, 0.1) is 0 Å². The van der Waals surface area contributed by atoms with Gasteiger partial charge in [-0.15, -0.1) is 0 Å². The van der Waals surface area contributed by atoms with Crippen molar-refractivity contribution in [3.63, 3.8) is 0 Å². The molecule has 132 valence electrons. The molecule has 1 heterocycles. The number of ether oxygens (including phenoxy) is 1. The Hall–Kier alpha value is -3.61. The summed E-state index contributed by atoms with van der Waals surface area (Å²) in [7, 11) is 1.58. The number of para-hydroxylation sites is 2. The third kappa shape index (κ3) is 3.56. The highest BCUT2D eigenvalue weighted by atomic mass is 16.5. The highest BCUT2D eigenvalue weighted by Gasteiger charge is 2.13. The van der Waals surface area contributed by atoms with Crippen LogP contribution in [-0.2, 0) is 0 Å². The number of phenolic OH excluding ortho intramolecular Hbond substituents is 1. The fourth-order valence-electron chi connectivity index (χ4n) is 2.47. The van der Waals surface area contributed by atoms with Crippen molar-refractivity contribution in [3.8, 4) is 22.8 Å². The topological polar surface area (TPSA) is 99.6 Å². The van der Waals surface area contributed by atoms with Crippen LogP contribution in [0.1, 0.15) is 23.0 Å². The molecule has 1 aromatic heterocycles. The van der Waals surface area contributed by atoms with E-state index in [4.69, 9.17) is 4.74 Å². The fraction of sp³-hybridized carbons (Fsp3) is 0.105. The van der Waals surface area contributed by atoms with Gasteiger partial charge >= 0.3 is 0 Å². The van der Waals surface area contributed by atoms with Crippen molar-refractivity contribution in [1.82, 2.24) is 15.6 Å². The number of methoxy groups -OCH3 is 1. The van der Waals surface area contributed by atoms with E-state index in [0.717, 1.165) is 5.56 Å². The number of carbonyl (C=O) groups is 1. The van der Waals surface area contributed by atoms with Gasteiger partial charge < -0.3 is 9.84 Å². The minimum atomic E-state index is -0.437. The minimum absolute atomic E-state index is 0.1000. The van der Waals surface area contributed by atoms with Gasteiger partial charge in [-0.3, -0.25) is 9.89 Å². The SMILES string of the molecule is COc1ccccc1-c1cc(C(=O)N/N=C(/C)c2ccccc2O)[nH]n1. The monoisotopic (exact) mass is 350 g/mol. The van der Waals surface area contributed by atoms with Crippen LogP contribution in [0.2, 0.25) is 0 Å². The number of phenols is 1. The predicted octanol–water partition coefficient (Wildman–Crippen LogP) is 2.94. The molecule has 2 aromatic carbocycles. The van der Waals surface area contributed by atoms with Gasteiger partial charge in [-0.25, -0.2) is 5.43 Å². The highest BCUT2D eigenvalue weighted by Crippen LogP contribution is 2.28. The number of hydrogen-bond acceptors (Lipinski definition) is 5. The van der Waals surface area contributed by atoms with Gasteiger partial charge in [0.05, 0.1) is 18.5 Å². The van der Waals surface area contributed by atoms with Crippen molar-refractivity contribution in [2.24, 2.45) is 5.10 Å². The smallest absolute Gasteiger partial charge is 0.289 e. The third-order valence-corrected chi connectivity index (χ3v) is 3.82. The lowest BCUT2D eigenvalue weighted by molar-refractivity contribution is 0.0950. The largest absolute Gasteiger partial charge is 0.507 e. The van der Waals surface area contributed by atoms with Crippen molar-refractivity contribution in [3.05, 3.63) is 65.9 Å². The molecule has 0 aliphatic carbocycles. The molecule has 1 amide bonds. The Kier molecular flexibility index (Phi) is 4.98. The maximum Gasteiger partial charge on any atom is 0.289 e. The predicted molar refractivity (Wildman–Crippen MR) is 98.4 cm³/mol. The van der Waals surface area contributed by atoms with Gasteiger partial charge in [-0.2, -0.15) is 10.2 Å². The van der Waals surface area contributed by atoms with E-state index in [1.54, 1.807) is 44.4 Å². The maximum atomic E-state index is 12.3. The van der Waals surface area contributed by atoms with Gasteiger partial charge in [0.2, 0.25) is 0 Å². The van der Waals surface area contributed by atoms with E-state index in [9.17, 15) is 9.90 Å². The quantitative estimate of drug-likeness (QED) is 0.486. The van der Waals surface area contributed by atoms with Crippen LogP contribution in [0.15, 0.2) is 59.7 Å². The first-order valence-corrected chi connectivity index (χ1v) is 7.92. The Labute approximate surface area is 150 Å². The molecular weight excluding hydrogens is 332 g/mol. The second-order valence-electron chi connectivity index (χ2n) is 5.52. The van der Waals surface area contributed by atoms with Gasteiger partial charge in [0.15, 0.2) is 0 Å². The summed E-state index contributed by atoms with van der Waals surface area (Å²) in [5.74, 6) is 0.329. The number of nitrogens with zero attached hydrogens (tertiary/aromatic N) is 2. The molecule has 0 radical (unpaired) electrons. The van der Waals surface area contributed by atoms with E-state index in [1.807, 2.05) is 24.3 Å². The zero-order chi connectivity index (χ0) is 18.5. The molecule has 26 heavy (non-hydrogen) atoms. The normalized spacial score (nSPS) is 11.2. The highest BCUT2D eigenvalue weighted by molar-refractivity contribution is 6.02. The standard InChI is InChI=1S/C19H18N4O3/c1-12(13-7-3-5-9-17(13)24)20-23-19(25)16-11-15(21-22-16)14-8-4-6-10-18(14)26-2/h3-11,24H,1-2H3,(H,21,22)(H,23,25)/b20-12-. The molecule has 0 saturated heterocycles. The number of H-pyrrole nitrogens is 1. The molecule has 0 bridgehead atoms. The number of aromatic hydroxyl groups is 1. The molecule has 0 saturated carbocycles. The molecule has 0 atom stereocenters. The molecule has 0 fully saturated rings. The van der Waals surface area contributed by atoms with Gasteiger partial charge in [0.1, 0.15) is 17.2 Å². The molecule has 3 rings (SSSR count). The molecule has 0 aliphatic heterocycles. The van der Waals surface area contributed by atoms with Crippen molar-refractivity contribution in [1.29, 1.82) is 0 Å². The molecule has 7 heteroatoms. The maximum absolute atomic E-state index is 12.3. The second-order valence-corrected chi connectivity index (χ2v) is 5.52. The lowest BCUT2D eigenvalue weighted by Crippen LogP contribution is -2.19. The van der Waals surface area contributed by atoms with E-state index < -0.39 is 5.91 Å². The van der Waals surface area contributed by atoms with Gasteiger partial charge in [-0.05, 0) is 37.3 Å². The minimum Gasteiger partial charge on any atom is -0.507 e. The fourth-order valence-corrected chi connectivity index (χ4v) is 2.47. The van der Waals surface area contributed by atoms with Crippen molar-refractivity contribution in [2.45, 2.75) is 6.92 Å². The summed E-state index contributed by atoms with van der Waals surface area (Å²) in [4.78, 5) is 12.3. The van der Waals surface area contributed by atoms with Crippen LogP contribution in [0.5, 0.6) is 11.5 Å². The van der Waals surface area contributed by atoms with Crippen LogP contribution in [0.3, 0.4) is 0 Å². The summed E-state index contributed by atoms with van der Waals surface area (Å²) in [6.45, 7) is 1.70. The lowest BCUT2D eigenvalue weighted by Gasteiger charge is -2.04. The van der Waals surface area contributed by atoms with Gasteiger partial charge in [-0.1, -0.05) is 24.3 Å². The number of benzene rings is 2. The third-order valence-electron chi connectivity index (χ3n) is 3.82. The van der Waals surface area contributed by atoms with Crippen LogP contribution in [0.4, 0.5) is 0 Å². The van der Waals surface area contributed by atoms with E-state index in [2.05, 4.69) is 20.7 Å². The zero-order valence-corrected chi connectivity index (χ0v) is 14.4. The first-order chi connectivity index (χ1) is 12.6. The second kappa shape index (κ2) is 7.52. The molecule has 0 unspecified atom stereocenters. The Morgan fingerprint density at radius 1 is 1.19 bits per heavy atom. The van der Waals surface area contributed by atoms with Gasteiger partial charge in [0, 0.05) is 11.1 Å². The molecule has 3 aromatic rings. The Bertz CT molecular complexity index is 963. The number of rotatable bonds is 5. The van der Waals surface area contributed by atoms with Crippen LogP contribution < -0.4 is 10.2 Å². The van der Waals surface area contributed by atoms with E-state index in [1.165, 1.54) is 0 Å². The molecule has 0 aliphatic rings. The average Bonchev–Trinajstić information content (AvgIpc) is 3.16. The first kappa shape index (κ1) is 17.2. The van der Waals surface area contributed by atoms with Crippen molar-refractivity contribution >= 4 is 11.6 Å². The summed E-state index contributed by atoms with van der Waals surface area (Å²) in [5, 5.41) is 20.7. The molecule has 7 nitrogen and oxygen atoms in total. The lowest BCUT2D eigenvalue weighted by atomic mass is 10.1. The van der Waals surface area contributed by atoms with Crippen molar-refractivity contribution in [2.75, 3.05) is 7.11 Å².